The molecule has 1 aromatic heterocycles. The summed E-state index contributed by atoms with van der Waals surface area (Å²) in [7, 11) is 0. The summed E-state index contributed by atoms with van der Waals surface area (Å²) in [6, 6.07) is 15.6. The minimum atomic E-state index is -0.565. The second kappa shape index (κ2) is 8.43. The first-order valence-corrected chi connectivity index (χ1v) is 9.71. The number of hydrogen-bond donors (Lipinski definition) is 3. The molecule has 0 bridgehead atoms. The molecular formula is C23H23N3O3. The molecule has 1 aliphatic heterocycles. The van der Waals surface area contributed by atoms with Gasteiger partial charge in [-0.15, -0.1) is 0 Å². The predicted octanol–water partition coefficient (Wildman–Crippen LogP) is 3.53. The summed E-state index contributed by atoms with van der Waals surface area (Å²) in [5.74, 6) is -0.390. The fraction of sp³-hybridized carbons (Fsp3) is 0.217. The molecule has 1 aliphatic rings. The van der Waals surface area contributed by atoms with Crippen LogP contribution in [0.2, 0.25) is 0 Å². The summed E-state index contributed by atoms with van der Waals surface area (Å²) in [6.45, 7) is 1.61. The summed E-state index contributed by atoms with van der Waals surface area (Å²) >= 11 is 0. The summed E-state index contributed by atoms with van der Waals surface area (Å²) in [6.07, 6.45) is 6.61. The van der Waals surface area contributed by atoms with E-state index < -0.39 is 5.91 Å². The molecular weight excluding hydrogens is 366 g/mol. The summed E-state index contributed by atoms with van der Waals surface area (Å²) in [5.41, 5.74) is 5.30. The Morgan fingerprint density at radius 1 is 1.17 bits per heavy atom. The smallest absolute Gasteiger partial charge is 0.267 e. The number of amides is 1. The number of carbonyl (C=O) groups excluding carboxylic acids is 2. The lowest BCUT2D eigenvalue weighted by Gasteiger charge is -2.23. The molecule has 6 nitrogen and oxygen atoms in total. The number of carbonyl (C=O) groups is 2. The second-order valence-electron chi connectivity index (χ2n) is 7.29. The summed E-state index contributed by atoms with van der Waals surface area (Å²) in [5, 5.41) is 9.51. The zero-order valence-electron chi connectivity index (χ0n) is 16.0. The Balaban J connectivity index is 1.47. The number of aromatic nitrogens is 1. The highest BCUT2D eigenvalue weighted by Gasteiger charge is 2.32. The lowest BCUT2D eigenvalue weighted by atomic mass is 10.0. The topological polar surface area (TPSA) is 85.4 Å². The molecule has 6 heteroatoms. The van der Waals surface area contributed by atoms with E-state index in [4.69, 9.17) is 5.21 Å². The Kier molecular flexibility index (Phi) is 5.55. The van der Waals surface area contributed by atoms with Crippen LogP contribution in [0.3, 0.4) is 0 Å². The molecule has 2 heterocycles. The van der Waals surface area contributed by atoms with E-state index in [1.54, 1.807) is 11.6 Å². The molecule has 3 aromatic rings. The Morgan fingerprint density at radius 3 is 2.76 bits per heavy atom. The number of Topliss-reactive ketones (excluding diaryl/α,β-unsaturated/α-hetero) is 1. The van der Waals surface area contributed by atoms with Gasteiger partial charge in [-0.25, -0.2) is 5.48 Å². The molecule has 0 unspecified atom stereocenters. The van der Waals surface area contributed by atoms with Crippen LogP contribution in [-0.2, 0) is 11.3 Å². The van der Waals surface area contributed by atoms with Crippen molar-refractivity contribution in [3.8, 4) is 0 Å². The number of benzene rings is 2. The van der Waals surface area contributed by atoms with Gasteiger partial charge in [-0.3, -0.25) is 19.7 Å². The standard InChI is InChI=1S/C23H23N3O3/c27-22(25-29)12-11-16-7-9-17(10-8-16)15-26-13-3-6-21(26)23(28)19-14-24-20-5-2-1-4-18(19)20/h1-2,4-5,7-12,14,21,24,29H,3,6,13,15H2,(H,25,27)/t21-/m1/s1. The molecule has 4 rings (SSSR count). The van der Waals surface area contributed by atoms with Gasteiger partial charge in [0.1, 0.15) is 0 Å². The molecule has 2 aromatic carbocycles. The van der Waals surface area contributed by atoms with Gasteiger partial charge < -0.3 is 4.98 Å². The SMILES string of the molecule is O=C(C=Cc1ccc(CN2CCC[C@@H]2C(=O)c2c[nH]c3ccccc23)cc1)NO. The predicted molar refractivity (Wildman–Crippen MR) is 111 cm³/mol. The molecule has 0 aliphatic carbocycles. The lowest BCUT2D eigenvalue weighted by molar-refractivity contribution is -0.124. The molecule has 1 fully saturated rings. The first-order valence-electron chi connectivity index (χ1n) is 9.71. The first-order chi connectivity index (χ1) is 14.2. The van der Waals surface area contributed by atoms with Crippen LogP contribution >= 0.6 is 0 Å². The average molecular weight is 389 g/mol. The highest BCUT2D eigenvalue weighted by atomic mass is 16.5. The maximum Gasteiger partial charge on any atom is 0.267 e. The summed E-state index contributed by atoms with van der Waals surface area (Å²) in [4.78, 5) is 29.7. The fourth-order valence-corrected chi connectivity index (χ4v) is 3.95. The van der Waals surface area contributed by atoms with Crippen LogP contribution in [0.5, 0.6) is 0 Å². The van der Waals surface area contributed by atoms with Gasteiger partial charge >= 0.3 is 0 Å². The van der Waals surface area contributed by atoms with Crippen molar-refractivity contribution in [1.29, 1.82) is 0 Å². The largest absolute Gasteiger partial charge is 0.360 e. The van der Waals surface area contributed by atoms with Crippen molar-refractivity contribution in [2.24, 2.45) is 0 Å². The number of ketones is 1. The third kappa shape index (κ3) is 4.13. The Bertz CT molecular complexity index is 1050. The van der Waals surface area contributed by atoms with Gasteiger partial charge in [0, 0.05) is 35.3 Å². The van der Waals surface area contributed by atoms with Crippen molar-refractivity contribution in [3.05, 3.63) is 77.5 Å². The summed E-state index contributed by atoms with van der Waals surface area (Å²) < 4.78 is 0. The molecule has 1 atom stereocenters. The Labute approximate surface area is 168 Å². The van der Waals surface area contributed by atoms with E-state index >= 15 is 0 Å². The second-order valence-corrected chi connectivity index (χ2v) is 7.29. The van der Waals surface area contributed by atoms with Crippen LogP contribution in [0.25, 0.3) is 17.0 Å². The number of rotatable bonds is 6. The van der Waals surface area contributed by atoms with Crippen molar-refractivity contribution in [1.82, 2.24) is 15.4 Å². The van der Waals surface area contributed by atoms with E-state index in [1.165, 1.54) is 6.08 Å². The third-order valence-corrected chi connectivity index (χ3v) is 5.42. The van der Waals surface area contributed by atoms with E-state index in [0.29, 0.717) is 6.54 Å². The molecule has 3 N–H and O–H groups in total. The lowest BCUT2D eigenvalue weighted by Crippen LogP contribution is -2.35. The van der Waals surface area contributed by atoms with Crippen LogP contribution in [0, 0.1) is 0 Å². The van der Waals surface area contributed by atoms with Gasteiger partial charge in [0.25, 0.3) is 5.91 Å². The van der Waals surface area contributed by atoms with Crippen molar-refractivity contribution >= 4 is 28.7 Å². The van der Waals surface area contributed by atoms with E-state index in [9.17, 15) is 9.59 Å². The van der Waals surface area contributed by atoms with Gasteiger partial charge in [-0.1, -0.05) is 42.5 Å². The Hall–Kier alpha value is -3.22. The number of H-pyrrole nitrogens is 1. The number of nitrogens with zero attached hydrogens (tertiary/aromatic N) is 1. The van der Waals surface area contributed by atoms with Gasteiger partial charge in [-0.2, -0.15) is 0 Å². The number of nitrogens with one attached hydrogen (secondary N) is 2. The minimum absolute atomic E-state index is 0.109. The molecule has 29 heavy (non-hydrogen) atoms. The zero-order valence-corrected chi connectivity index (χ0v) is 16.0. The number of hydrogen-bond acceptors (Lipinski definition) is 4. The van der Waals surface area contributed by atoms with Crippen LogP contribution in [0.4, 0.5) is 0 Å². The maximum absolute atomic E-state index is 13.2. The van der Waals surface area contributed by atoms with Crippen molar-refractivity contribution in [2.75, 3.05) is 6.54 Å². The van der Waals surface area contributed by atoms with Crippen LogP contribution in [0.1, 0.15) is 34.3 Å². The van der Waals surface area contributed by atoms with Gasteiger partial charge in [-0.05, 0) is 42.7 Å². The van der Waals surface area contributed by atoms with Crippen LogP contribution in [-0.4, -0.2) is 39.4 Å². The molecule has 0 spiro atoms. The molecule has 0 saturated carbocycles. The number of fused-ring (bicyclic) bond motifs is 1. The number of para-hydroxylation sites is 1. The number of aromatic amines is 1. The van der Waals surface area contributed by atoms with Crippen molar-refractivity contribution in [2.45, 2.75) is 25.4 Å². The van der Waals surface area contributed by atoms with Crippen LogP contribution < -0.4 is 5.48 Å². The third-order valence-electron chi connectivity index (χ3n) is 5.42. The normalized spacial score (nSPS) is 17.2. The number of likely N-dealkylation sites (tertiary alicyclic amines) is 1. The monoisotopic (exact) mass is 389 g/mol. The minimum Gasteiger partial charge on any atom is -0.360 e. The molecule has 0 radical (unpaired) electrons. The van der Waals surface area contributed by atoms with Gasteiger partial charge in [0.15, 0.2) is 5.78 Å². The van der Waals surface area contributed by atoms with E-state index in [-0.39, 0.29) is 11.8 Å². The quantitative estimate of drug-likeness (QED) is 0.261. The van der Waals surface area contributed by atoms with Crippen molar-refractivity contribution < 1.29 is 14.8 Å². The highest BCUT2D eigenvalue weighted by Crippen LogP contribution is 2.27. The highest BCUT2D eigenvalue weighted by molar-refractivity contribution is 6.10. The average Bonchev–Trinajstić information content (AvgIpc) is 3.39. The molecule has 1 amide bonds. The molecule has 1 saturated heterocycles. The maximum atomic E-state index is 13.2. The van der Waals surface area contributed by atoms with Gasteiger partial charge in [0.2, 0.25) is 0 Å². The fourth-order valence-electron chi connectivity index (χ4n) is 3.95. The van der Waals surface area contributed by atoms with Gasteiger partial charge in [0.05, 0.1) is 6.04 Å². The first kappa shape index (κ1) is 19.1. The number of hydroxylamine groups is 1. The van der Waals surface area contributed by atoms with E-state index in [1.807, 2.05) is 54.7 Å². The van der Waals surface area contributed by atoms with E-state index in [2.05, 4.69) is 9.88 Å². The Morgan fingerprint density at radius 2 is 1.97 bits per heavy atom. The van der Waals surface area contributed by atoms with Crippen molar-refractivity contribution in [3.63, 3.8) is 0 Å². The molecule has 148 valence electrons. The van der Waals surface area contributed by atoms with Crippen LogP contribution in [0.15, 0.2) is 60.8 Å². The van der Waals surface area contributed by atoms with E-state index in [0.717, 1.165) is 47.0 Å². The zero-order chi connectivity index (χ0) is 20.2.